The molecule has 21 heavy (non-hydrogen) atoms. The Morgan fingerprint density at radius 3 is 2.14 bits per heavy atom. The van der Waals surface area contributed by atoms with Crippen molar-refractivity contribution in [1.82, 2.24) is 0 Å². The van der Waals surface area contributed by atoms with E-state index >= 15 is 0 Å². The summed E-state index contributed by atoms with van der Waals surface area (Å²) in [6, 6.07) is 0. The summed E-state index contributed by atoms with van der Waals surface area (Å²) in [5, 5.41) is 0. The summed E-state index contributed by atoms with van der Waals surface area (Å²) in [6.45, 7) is 11.2. The van der Waals surface area contributed by atoms with Crippen LogP contribution in [0.1, 0.15) is 72.6 Å². The molecule has 0 aromatic rings. The van der Waals surface area contributed by atoms with E-state index in [1.54, 1.807) is 0 Å². The first-order valence-corrected chi connectivity index (χ1v) is 8.14. The molecular formula is C17H35ClMgO2. The number of hydrogen-bond donors (Lipinski definition) is 0. The maximum absolute atomic E-state index is 5.49. The van der Waals surface area contributed by atoms with Gasteiger partial charge in [0.05, 0.1) is 0 Å². The summed E-state index contributed by atoms with van der Waals surface area (Å²) in [6.07, 6.45) is 10.9. The van der Waals surface area contributed by atoms with E-state index in [9.17, 15) is 0 Å². The van der Waals surface area contributed by atoms with Crippen molar-refractivity contribution in [1.29, 1.82) is 0 Å². The Morgan fingerprint density at radius 1 is 0.952 bits per heavy atom. The minimum atomic E-state index is 0. The summed E-state index contributed by atoms with van der Waals surface area (Å²) in [7, 11) is 0. The van der Waals surface area contributed by atoms with Gasteiger partial charge in [-0.15, -0.1) is 0 Å². The Kier molecular flexibility index (Phi) is 26.8. The molecule has 0 aliphatic carbocycles. The van der Waals surface area contributed by atoms with E-state index < -0.39 is 0 Å². The maximum atomic E-state index is 5.49. The van der Waals surface area contributed by atoms with E-state index in [-0.39, 0.29) is 35.5 Å². The molecule has 0 N–H and O–H groups in total. The molecular weight excluding hydrogens is 296 g/mol. The Morgan fingerprint density at radius 2 is 1.57 bits per heavy atom. The fourth-order valence-electron chi connectivity index (χ4n) is 2.47. The third-order valence-corrected chi connectivity index (χ3v) is 3.49. The van der Waals surface area contributed by atoms with E-state index in [1.165, 1.54) is 32.1 Å². The molecule has 0 saturated carbocycles. The minimum absolute atomic E-state index is 0. The predicted octanol–water partition coefficient (Wildman–Crippen LogP) is 1.85. The molecule has 0 aliphatic heterocycles. The van der Waals surface area contributed by atoms with Crippen LogP contribution in [0.2, 0.25) is 0 Å². The molecule has 0 aromatic carbocycles. The number of hydrogen-bond acceptors (Lipinski definition) is 2. The quantitative estimate of drug-likeness (QED) is 0.209. The second-order valence-electron chi connectivity index (χ2n) is 5.87. The van der Waals surface area contributed by atoms with Crippen molar-refractivity contribution in [2.75, 3.05) is 20.0 Å². The van der Waals surface area contributed by atoms with Crippen molar-refractivity contribution in [2.45, 2.75) is 72.6 Å². The van der Waals surface area contributed by atoms with Gasteiger partial charge in [-0.1, -0.05) is 46.0 Å². The van der Waals surface area contributed by atoms with Gasteiger partial charge in [-0.25, -0.2) is 0 Å². The molecule has 2 atom stereocenters. The summed E-state index contributed by atoms with van der Waals surface area (Å²) < 4.78 is 10.9. The second kappa shape index (κ2) is 21.0. The third-order valence-electron chi connectivity index (χ3n) is 3.49. The first-order chi connectivity index (χ1) is 9.20. The van der Waals surface area contributed by atoms with Crippen LogP contribution in [-0.4, -0.2) is 43.1 Å². The van der Waals surface area contributed by atoms with Gasteiger partial charge in [0.15, 0.2) is 0 Å². The van der Waals surface area contributed by atoms with Crippen LogP contribution in [0.4, 0.5) is 0 Å². The zero-order valence-corrected chi connectivity index (χ0v) is 16.9. The van der Waals surface area contributed by atoms with Crippen LogP contribution in [0.25, 0.3) is 0 Å². The molecule has 0 fully saturated rings. The van der Waals surface area contributed by atoms with E-state index in [2.05, 4.69) is 34.1 Å². The Bertz CT molecular complexity index is 182. The number of halogens is 1. The van der Waals surface area contributed by atoms with Crippen molar-refractivity contribution < 1.29 is 21.9 Å². The molecule has 2 nitrogen and oxygen atoms in total. The molecule has 0 rings (SSSR count). The SMILES string of the molecule is C[CH-]CC(C)CC(C)CCCOCOCCCCC.[Cl-].[Mg+2]. The van der Waals surface area contributed by atoms with Crippen LogP contribution < -0.4 is 12.4 Å². The van der Waals surface area contributed by atoms with Crippen LogP contribution >= 0.6 is 0 Å². The van der Waals surface area contributed by atoms with E-state index in [4.69, 9.17) is 9.47 Å². The second-order valence-corrected chi connectivity index (χ2v) is 5.87. The van der Waals surface area contributed by atoms with Gasteiger partial charge in [-0.05, 0) is 25.2 Å². The fourth-order valence-corrected chi connectivity index (χ4v) is 2.47. The number of rotatable bonds is 14. The topological polar surface area (TPSA) is 18.5 Å². The maximum Gasteiger partial charge on any atom is 2.00 e. The summed E-state index contributed by atoms with van der Waals surface area (Å²) in [5.74, 6) is 1.63. The minimum Gasteiger partial charge on any atom is -1.00 e. The van der Waals surface area contributed by atoms with Gasteiger partial charge in [-0.3, -0.25) is 0 Å². The van der Waals surface area contributed by atoms with Gasteiger partial charge in [0.2, 0.25) is 0 Å². The monoisotopic (exact) mass is 330 g/mol. The largest absolute Gasteiger partial charge is 2.00 e. The van der Waals surface area contributed by atoms with Gasteiger partial charge < -0.3 is 28.3 Å². The van der Waals surface area contributed by atoms with Gasteiger partial charge in [0.1, 0.15) is 6.79 Å². The van der Waals surface area contributed by atoms with Gasteiger partial charge in [0.25, 0.3) is 0 Å². The van der Waals surface area contributed by atoms with E-state index in [0.717, 1.165) is 37.9 Å². The summed E-state index contributed by atoms with van der Waals surface area (Å²) in [5.41, 5.74) is 0. The summed E-state index contributed by atoms with van der Waals surface area (Å²) >= 11 is 0. The molecule has 4 heteroatoms. The van der Waals surface area contributed by atoms with Gasteiger partial charge in [-0.2, -0.15) is 13.3 Å². The molecule has 0 spiro atoms. The van der Waals surface area contributed by atoms with Crippen LogP contribution in [0.5, 0.6) is 0 Å². The average molecular weight is 331 g/mol. The van der Waals surface area contributed by atoms with Crippen molar-refractivity contribution in [3.63, 3.8) is 0 Å². The molecule has 0 aliphatic rings. The predicted molar refractivity (Wildman–Crippen MR) is 88.8 cm³/mol. The molecule has 2 unspecified atom stereocenters. The fraction of sp³-hybridized carbons (Fsp3) is 0.941. The molecule has 124 valence electrons. The Labute approximate surface area is 155 Å². The Balaban J connectivity index is -0.00000162. The molecule has 0 amide bonds. The standard InChI is InChI=1S/C17H35O2.ClH.Mg/c1-5-7-8-12-18-15-19-13-9-11-17(4)14-16(3)10-6-2;;/h6,16-17H,5,7-15H2,1-4H3;1H;/q-1;;+2/p-1. The summed E-state index contributed by atoms with van der Waals surface area (Å²) in [4.78, 5) is 0. The first-order valence-electron chi connectivity index (χ1n) is 8.14. The van der Waals surface area contributed by atoms with Crippen LogP contribution in [0.3, 0.4) is 0 Å². The van der Waals surface area contributed by atoms with Crippen LogP contribution in [-0.2, 0) is 9.47 Å². The van der Waals surface area contributed by atoms with E-state index in [1.807, 2.05) is 0 Å². The molecule has 0 bridgehead atoms. The normalized spacial score (nSPS) is 13.1. The third kappa shape index (κ3) is 21.0. The van der Waals surface area contributed by atoms with Crippen molar-refractivity contribution in [2.24, 2.45) is 11.8 Å². The van der Waals surface area contributed by atoms with Crippen LogP contribution in [0.15, 0.2) is 0 Å². The zero-order valence-electron chi connectivity index (χ0n) is 14.7. The zero-order chi connectivity index (χ0) is 14.3. The van der Waals surface area contributed by atoms with Crippen LogP contribution in [0, 0.1) is 18.3 Å². The van der Waals surface area contributed by atoms with Gasteiger partial charge >= 0.3 is 23.1 Å². The molecule has 0 saturated heterocycles. The van der Waals surface area contributed by atoms with Crippen molar-refractivity contribution in [3.05, 3.63) is 6.42 Å². The first kappa shape index (κ1) is 26.9. The molecule has 0 radical (unpaired) electrons. The van der Waals surface area contributed by atoms with E-state index in [0.29, 0.717) is 6.79 Å². The van der Waals surface area contributed by atoms with Crippen molar-refractivity contribution >= 4 is 23.1 Å². The van der Waals surface area contributed by atoms with Gasteiger partial charge in [0, 0.05) is 13.2 Å². The molecule has 0 heterocycles. The smallest absolute Gasteiger partial charge is 1.00 e. The molecule has 0 aromatic heterocycles. The Hall–Kier alpha value is 0.976. The number of ether oxygens (including phenoxy) is 2. The number of unbranched alkanes of at least 4 members (excludes halogenated alkanes) is 2. The average Bonchev–Trinajstić information content (AvgIpc) is 2.37. The van der Waals surface area contributed by atoms with Crippen molar-refractivity contribution in [3.8, 4) is 0 Å².